The molecule has 3 nitrogen and oxygen atoms in total. The van der Waals surface area contributed by atoms with E-state index in [-0.39, 0.29) is 0 Å². The summed E-state index contributed by atoms with van der Waals surface area (Å²) in [4.78, 5) is 7.84. The zero-order chi connectivity index (χ0) is 4.50. The van der Waals surface area contributed by atoms with E-state index in [1.165, 1.54) is 22.0 Å². The van der Waals surface area contributed by atoms with Crippen molar-refractivity contribution in [2.75, 3.05) is 0 Å². The molecule has 0 amide bonds. The highest BCUT2D eigenvalue weighted by Crippen LogP contribution is 2.39. The van der Waals surface area contributed by atoms with Gasteiger partial charge in [-0.05, 0) is 0 Å². The fourth-order valence-corrected chi connectivity index (χ4v) is 0. The molecule has 32 valence electrons. The molecule has 1 unspecified atom stereocenters. The Balaban J connectivity index is 3.47. The fraction of sp³-hybridized carbons (Fsp3) is 0. The number of hydrogen-bond acceptors (Lipinski definition) is 1. The monoisotopic (exact) mass is 207 g/mol. The number of halogens is 1. The molecule has 0 aliphatic heterocycles. The molecular formula is H3INO2P. The zero-order valence-electron chi connectivity index (χ0n) is 2.26. The molecule has 0 heterocycles. The Hall–Kier alpha value is 0.880. The largest absolute Gasteiger partial charge is 0.326 e. The van der Waals surface area contributed by atoms with Gasteiger partial charge in [-0.1, -0.05) is 0 Å². The van der Waals surface area contributed by atoms with Crippen LogP contribution < -0.4 is 5.50 Å². The Morgan fingerprint density at radius 1 is 2.00 bits per heavy atom. The standard InChI is InChI=1S/H3INO2P/c1-5(2,3)4/h(H3,2,3,4). The molecule has 5 heteroatoms. The van der Waals surface area contributed by atoms with Crippen LogP contribution in [0.4, 0.5) is 0 Å². The molecule has 1 atom stereocenters. The van der Waals surface area contributed by atoms with Crippen LogP contribution in [-0.4, -0.2) is 4.89 Å². The van der Waals surface area contributed by atoms with Gasteiger partial charge in [0.1, 0.15) is 0 Å². The molecule has 0 saturated carbocycles. The number of nitrogens with two attached hydrogens (primary N) is 1. The van der Waals surface area contributed by atoms with Crippen LogP contribution in [0.25, 0.3) is 0 Å². The lowest BCUT2D eigenvalue weighted by Crippen LogP contribution is -1.78. The molecule has 0 spiro atoms. The SMILES string of the molecule is NP(=O)(O)I. The smallest absolute Gasteiger partial charge is 0.322 e. The van der Waals surface area contributed by atoms with Crippen molar-refractivity contribution in [3.05, 3.63) is 0 Å². The Bertz CT molecular complexity index is 55.8. The third-order valence-corrected chi connectivity index (χ3v) is 0. The van der Waals surface area contributed by atoms with Gasteiger partial charge in [-0.3, -0.25) is 10.1 Å². The predicted molar refractivity (Wildman–Crippen MR) is 28.0 cm³/mol. The summed E-state index contributed by atoms with van der Waals surface area (Å²) in [6.07, 6.45) is 0. The summed E-state index contributed by atoms with van der Waals surface area (Å²) in [5.74, 6) is 0. The van der Waals surface area contributed by atoms with Gasteiger partial charge < -0.3 is 4.89 Å². The Morgan fingerprint density at radius 2 is 2.00 bits per heavy atom. The first-order chi connectivity index (χ1) is 2.00. The molecule has 0 aromatic carbocycles. The van der Waals surface area contributed by atoms with E-state index in [9.17, 15) is 4.57 Å². The molecule has 0 radical (unpaired) electrons. The van der Waals surface area contributed by atoms with Crippen molar-refractivity contribution >= 4 is 27.2 Å². The van der Waals surface area contributed by atoms with E-state index in [2.05, 4.69) is 5.50 Å². The van der Waals surface area contributed by atoms with Crippen molar-refractivity contribution in [3.63, 3.8) is 0 Å². The maximum absolute atomic E-state index is 9.54. The van der Waals surface area contributed by atoms with Gasteiger partial charge in [0.25, 0.3) is 0 Å². The lowest BCUT2D eigenvalue weighted by Gasteiger charge is -1.83. The highest BCUT2D eigenvalue weighted by Gasteiger charge is 1.96. The van der Waals surface area contributed by atoms with Gasteiger partial charge in [-0.2, -0.15) is 0 Å². The second kappa shape index (κ2) is 1.55. The van der Waals surface area contributed by atoms with E-state index >= 15 is 0 Å². The van der Waals surface area contributed by atoms with E-state index in [4.69, 9.17) is 4.89 Å². The summed E-state index contributed by atoms with van der Waals surface area (Å²) < 4.78 is 9.54. The van der Waals surface area contributed by atoms with Gasteiger partial charge >= 0.3 is 5.16 Å². The normalized spacial score (nSPS) is 21.4. The van der Waals surface area contributed by atoms with E-state index < -0.39 is 5.16 Å². The quantitative estimate of drug-likeness (QED) is 0.448. The molecule has 0 rings (SSSR count). The van der Waals surface area contributed by atoms with Gasteiger partial charge in [-0.15, -0.1) is 0 Å². The molecule has 5 heavy (non-hydrogen) atoms. The summed E-state index contributed by atoms with van der Waals surface area (Å²) in [6.45, 7) is 0. The molecule has 0 aliphatic rings. The first kappa shape index (κ1) is 5.88. The summed E-state index contributed by atoms with van der Waals surface area (Å²) in [5, 5.41) is -3.17. The molecule has 0 fully saturated rings. The van der Waals surface area contributed by atoms with Crippen LogP contribution in [0, 0.1) is 0 Å². The Morgan fingerprint density at radius 3 is 2.00 bits per heavy atom. The third kappa shape index (κ3) is 52.3. The maximum atomic E-state index is 9.54. The van der Waals surface area contributed by atoms with Crippen LogP contribution in [0.15, 0.2) is 0 Å². The van der Waals surface area contributed by atoms with Crippen molar-refractivity contribution < 1.29 is 9.46 Å². The second-order valence-corrected chi connectivity index (χ2v) is 5.78. The molecule has 3 N–H and O–H groups in total. The van der Waals surface area contributed by atoms with Crippen LogP contribution in [0.3, 0.4) is 0 Å². The van der Waals surface area contributed by atoms with Crippen molar-refractivity contribution in [3.8, 4) is 0 Å². The van der Waals surface area contributed by atoms with Crippen LogP contribution in [-0.2, 0) is 4.57 Å². The second-order valence-electron chi connectivity index (χ2n) is 0.545. The van der Waals surface area contributed by atoms with Crippen LogP contribution in [0.1, 0.15) is 0 Å². The number of hydrogen-bond donors (Lipinski definition) is 2. The lowest BCUT2D eigenvalue weighted by atomic mass is 13.9. The minimum atomic E-state index is -3.17. The van der Waals surface area contributed by atoms with Crippen LogP contribution >= 0.6 is 27.2 Å². The third-order valence-electron chi connectivity index (χ3n) is 0. The molecule has 0 aromatic rings. The van der Waals surface area contributed by atoms with Crippen LogP contribution in [0.5, 0.6) is 0 Å². The van der Waals surface area contributed by atoms with Crippen molar-refractivity contribution in [2.45, 2.75) is 0 Å². The molecule has 0 aromatic heterocycles. The van der Waals surface area contributed by atoms with Gasteiger partial charge in [0.05, 0.1) is 0 Å². The van der Waals surface area contributed by atoms with E-state index in [1.54, 1.807) is 0 Å². The highest BCUT2D eigenvalue weighted by molar-refractivity contribution is 14.2. The lowest BCUT2D eigenvalue weighted by molar-refractivity contribution is 0.502. The van der Waals surface area contributed by atoms with Crippen molar-refractivity contribution in [2.24, 2.45) is 5.50 Å². The van der Waals surface area contributed by atoms with Crippen molar-refractivity contribution in [1.29, 1.82) is 0 Å². The van der Waals surface area contributed by atoms with Crippen molar-refractivity contribution in [1.82, 2.24) is 0 Å². The molecule has 0 aliphatic carbocycles. The number of rotatable bonds is 0. The van der Waals surface area contributed by atoms with Gasteiger partial charge in [0, 0.05) is 22.0 Å². The first-order valence-corrected chi connectivity index (χ1v) is 5.32. The zero-order valence-corrected chi connectivity index (χ0v) is 5.31. The molecule has 0 bridgehead atoms. The first-order valence-electron chi connectivity index (χ1n) is 0.810. The summed E-state index contributed by atoms with van der Waals surface area (Å²) >= 11 is 1.27. The summed E-state index contributed by atoms with van der Waals surface area (Å²) in [7, 11) is 0. The van der Waals surface area contributed by atoms with Gasteiger partial charge in [0.2, 0.25) is 0 Å². The van der Waals surface area contributed by atoms with E-state index in [1.807, 2.05) is 0 Å². The highest BCUT2D eigenvalue weighted by atomic mass is 127. The predicted octanol–water partition coefficient (Wildman–Crippen LogP) is 0.480. The summed E-state index contributed by atoms with van der Waals surface area (Å²) in [5.41, 5.74) is 4.45. The summed E-state index contributed by atoms with van der Waals surface area (Å²) in [6, 6.07) is 0. The molecular weight excluding hydrogens is 204 g/mol. The average molecular weight is 207 g/mol. The maximum Gasteiger partial charge on any atom is 0.322 e. The average Bonchev–Trinajstić information content (AvgIpc) is 0.722. The minimum absolute atomic E-state index is 1.27. The van der Waals surface area contributed by atoms with E-state index in [0.29, 0.717) is 0 Å². The topological polar surface area (TPSA) is 63.3 Å². The van der Waals surface area contributed by atoms with E-state index in [0.717, 1.165) is 0 Å². The van der Waals surface area contributed by atoms with Gasteiger partial charge in [-0.25, -0.2) is 0 Å². The fourth-order valence-electron chi connectivity index (χ4n) is 0. The Kier molecular flexibility index (Phi) is 1.83. The Labute approximate surface area is 42.5 Å². The van der Waals surface area contributed by atoms with Crippen LogP contribution in [0.2, 0.25) is 0 Å². The minimum Gasteiger partial charge on any atom is -0.326 e. The molecule has 0 saturated heterocycles. The van der Waals surface area contributed by atoms with Gasteiger partial charge in [0.15, 0.2) is 0 Å².